The number of rotatable bonds is 7. The number of benzene rings is 1. The van der Waals surface area contributed by atoms with Crippen LogP contribution in [0.4, 0.5) is 0 Å². The molecule has 0 saturated heterocycles. The Morgan fingerprint density at radius 3 is 2.75 bits per heavy atom. The molecule has 0 radical (unpaired) electrons. The molecule has 1 aromatic heterocycles. The van der Waals surface area contributed by atoms with Crippen LogP contribution in [0.1, 0.15) is 18.4 Å². The van der Waals surface area contributed by atoms with E-state index in [2.05, 4.69) is 32.6 Å². The molecule has 1 saturated carbocycles. The van der Waals surface area contributed by atoms with E-state index in [4.69, 9.17) is 0 Å². The van der Waals surface area contributed by atoms with Gasteiger partial charge in [0.1, 0.15) is 6.33 Å². The summed E-state index contributed by atoms with van der Waals surface area (Å²) in [5.74, 6) is 0.708. The first-order chi connectivity index (χ1) is 9.82. The zero-order valence-electron chi connectivity index (χ0n) is 11.1. The van der Waals surface area contributed by atoms with Crippen LogP contribution in [0, 0.1) is 0 Å². The molecule has 5 nitrogen and oxygen atoms in total. The Kier molecular flexibility index (Phi) is 4.05. The molecular weight excluding hydrogens is 272 g/mol. The first-order valence-electron chi connectivity index (χ1n) is 6.75. The number of nitrogens with zero attached hydrogens (tertiary/aromatic N) is 2. The van der Waals surface area contributed by atoms with Gasteiger partial charge in [-0.05, 0) is 18.4 Å². The lowest BCUT2D eigenvalue weighted by Crippen LogP contribution is -2.49. The van der Waals surface area contributed by atoms with E-state index in [0.717, 1.165) is 10.7 Å². The Bertz CT molecular complexity index is 529. The Morgan fingerprint density at radius 1 is 1.35 bits per heavy atom. The molecule has 20 heavy (non-hydrogen) atoms. The van der Waals surface area contributed by atoms with Crippen LogP contribution >= 0.6 is 11.8 Å². The fourth-order valence-electron chi connectivity index (χ4n) is 2.22. The van der Waals surface area contributed by atoms with Crippen LogP contribution in [0.25, 0.3) is 0 Å². The van der Waals surface area contributed by atoms with Crippen molar-refractivity contribution in [3.05, 3.63) is 42.2 Å². The van der Waals surface area contributed by atoms with Gasteiger partial charge in [-0.1, -0.05) is 42.1 Å². The summed E-state index contributed by atoms with van der Waals surface area (Å²) in [6, 6.07) is 10.6. The number of aliphatic hydroxyl groups excluding tert-OH is 1. The molecule has 1 aliphatic carbocycles. The molecule has 0 bridgehead atoms. The highest BCUT2D eigenvalue weighted by Crippen LogP contribution is 2.32. The topological polar surface area (TPSA) is 73.8 Å². The quantitative estimate of drug-likeness (QED) is 0.675. The van der Waals surface area contributed by atoms with Crippen LogP contribution < -0.4 is 5.32 Å². The molecule has 106 valence electrons. The van der Waals surface area contributed by atoms with Gasteiger partial charge in [0.05, 0.1) is 12.1 Å². The number of hydrogen-bond donors (Lipinski definition) is 3. The molecule has 1 unspecified atom stereocenters. The van der Waals surface area contributed by atoms with Crippen molar-refractivity contribution in [3.63, 3.8) is 0 Å². The second-order valence-electron chi connectivity index (χ2n) is 5.10. The van der Waals surface area contributed by atoms with Crippen molar-refractivity contribution >= 4 is 11.8 Å². The molecule has 6 heteroatoms. The Morgan fingerprint density at radius 2 is 2.15 bits per heavy atom. The third-order valence-corrected chi connectivity index (χ3v) is 4.61. The average molecular weight is 290 g/mol. The van der Waals surface area contributed by atoms with Crippen molar-refractivity contribution in [2.75, 3.05) is 12.4 Å². The van der Waals surface area contributed by atoms with E-state index in [-0.39, 0.29) is 6.61 Å². The summed E-state index contributed by atoms with van der Waals surface area (Å²) in [5, 5.41) is 21.1. The second-order valence-corrected chi connectivity index (χ2v) is 6.07. The van der Waals surface area contributed by atoms with Gasteiger partial charge in [-0.15, -0.1) is 0 Å². The lowest BCUT2D eigenvalue weighted by Gasteiger charge is -2.33. The number of nitrogens with one attached hydrogen (secondary N) is 2. The molecule has 1 aliphatic rings. The zero-order valence-corrected chi connectivity index (χ0v) is 11.9. The molecule has 1 heterocycles. The molecule has 0 aliphatic heterocycles. The third-order valence-electron chi connectivity index (χ3n) is 3.50. The van der Waals surface area contributed by atoms with Gasteiger partial charge in [0.15, 0.2) is 5.16 Å². The predicted molar refractivity (Wildman–Crippen MR) is 78.5 cm³/mol. The minimum atomic E-state index is -0.431. The van der Waals surface area contributed by atoms with Crippen LogP contribution in [0.15, 0.2) is 41.8 Å². The lowest BCUT2D eigenvalue weighted by atomic mass is 9.92. The molecule has 1 atom stereocenters. The maximum absolute atomic E-state index is 10.0. The highest BCUT2D eigenvalue weighted by Gasteiger charge is 2.37. The Balaban J connectivity index is 1.81. The summed E-state index contributed by atoms with van der Waals surface area (Å²) in [6.07, 6.45) is 3.86. The van der Waals surface area contributed by atoms with Gasteiger partial charge in [-0.3, -0.25) is 5.10 Å². The van der Waals surface area contributed by atoms with E-state index in [9.17, 15) is 5.11 Å². The van der Waals surface area contributed by atoms with Gasteiger partial charge in [-0.2, -0.15) is 5.10 Å². The van der Waals surface area contributed by atoms with Gasteiger partial charge in [0, 0.05) is 11.8 Å². The van der Waals surface area contributed by atoms with Crippen LogP contribution in [0.2, 0.25) is 0 Å². The number of aromatic amines is 1. The van der Waals surface area contributed by atoms with Crippen LogP contribution in [0.3, 0.4) is 0 Å². The third kappa shape index (κ3) is 3.03. The molecule has 0 amide bonds. The monoisotopic (exact) mass is 290 g/mol. The van der Waals surface area contributed by atoms with Gasteiger partial charge in [0.25, 0.3) is 0 Å². The first-order valence-corrected chi connectivity index (χ1v) is 7.73. The smallest absolute Gasteiger partial charge is 0.183 e. The normalized spacial score (nSPS) is 17.9. The lowest BCUT2D eigenvalue weighted by molar-refractivity contribution is 0.177. The average Bonchev–Trinajstić information content (AvgIpc) is 3.16. The minimum absolute atomic E-state index is 0.0641. The van der Waals surface area contributed by atoms with E-state index in [1.807, 2.05) is 18.2 Å². The Hall–Kier alpha value is -1.37. The summed E-state index contributed by atoms with van der Waals surface area (Å²) in [5.41, 5.74) is 0.682. The molecule has 2 aromatic rings. The fraction of sp³-hybridized carbons (Fsp3) is 0.429. The SMILES string of the molecule is OCC(CSc1ncn[nH]1)(NC1CC1)c1ccccc1. The first kappa shape index (κ1) is 13.6. The number of H-pyrrole nitrogens is 1. The highest BCUT2D eigenvalue weighted by molar-refractivity contribution is 7.99. The second kappa shape index (κ2) is 5.95. The van der Waals surface area contributed by atoms with Gasteiger partial charge in [-0.25, -0.2) is 4.98 Å². The van der Waals surface area contributed by atoms with E-state index >= 15 is 0 Å². The van der Waals surface area contributed by atoms with E-state index in [1.54, 1.807) is 11.8 Å². The van der Waals surface area contributed by atoms with E-state index < -0.39 is 5.54 Å². The summed E-state index contributed by atoms with van der Waals surface area (Å²) in [7, 11) is 0. The molecule has 1 fully saturated rings. The largest absolute Gasteiger partial charge is 0.394 e. The van der Waals surface area contributed by atoms with Crippen molar-refractivity contribution in [2.24, 2.45) is 0 Å². The summed E-state index contributed by atoms with van der Waals surface area (Å²) in [6.45, 7) is 0.0641. The predicted octanol–water partition coefficient (Wildman–Crippen LogP) is 1.54. The van der Waals surface area contributed by atoms with E-state index in [0.29, 0.717) is 11.8 Å². The Labute approximate surface area is 122 Å². The van der Waals surface area contributed by atoms with Gasteiger partial charge < -0.3 is 10.4 Å². The number of hydrogen-bond acceptors (Lipinski definition) is 5. The number of aromatic nitrogens is 3. The standard InChI is InChI=1S/C14H18N4OS/c19-8-14(17-12-6-7-12,11-4-2-1-3-5-11)9-20-13-15-10-16-18-13/h1-5,10,12,17,19H,6-9H2,(H,15,16,18). The minimum Gasteiger partial charge on any atom is -0.394 e. The van der Waals surface area contributed by atoms with Gasteiger partial charge in [0.2, 0.25) is 0 Å². The van der Waals surface area contributed by atoms with Crippen LogP contribution in [-0.4, -0.2) is 38.7 Å². The van der Waals surface area contributed by atoms with Gasteiger partial charge >= 0.3 is 0 Å². The van der Waals surface area contributed by atoms with Crippen LogP contribution in [0.5, 0.6) is 0 Å². The number of thioether (sulfide) groups is 1. The van der Waals surface area contributed by atoms with Crippen molar-refractivity contribution in [2.45, 2.75) is 29.6 Å². The molecule has 1 aromatic carbocycles. The number of aliphatic hydroxyl groups is 1. The van der Waals surface area contributed by atoms with Crippen molar-refractivity contribution in [1.29, 1.82) is 0 Å². The molecule has 0 spiro atoms. The zero-order chi connectivity index (χ0) is 13.8. The fourth-order valence-corrected chi connectivity index (χ4v) is 3.19. The van der Waals surface area contributed by atoms with Crippen molar-refractivity contribution in [3.8, 4) is 0 Å². The van der Waals surface area contributed by atoms with Crippen LogP contribution in [-0.2, 0) is 5.54 Å². The van der Waals surface area contributed by atoms with Crippen molar-refractivity contribution in [1.82, 2.24) is 20.5 Å². The molecule has 3 rings (SSSR count). The summed E-state index contributed by atoms with van der Waals surface area (Å²) >= 11 is 1.57. The maximum atomic E-state index is 10.0. The molecule has 3 N–H and O–H groups in total. The molecular formula is C14H18N4OS. The summed E-state index contributed by atoms with van der Waals surface area (Å²) in [4.78, 5) is 4.13. The van der Waals surface area contributed by atoms with E-state index in [1.165, 1.54) is 19.2 Å². The summed E-state index contributed by atoms with van der Waals surface area (Å²) < 4.78 is 0. The highest BCUT2D eigenvalue weighted by atomic mass is 32.2. The van der Waals surface area contributed by atoms with Crippen molar-refractivity contribution < 1.29 is 5.11 Å². The maximum Gasteiger partial charge on any atom is 0.183 e.